The van der Waals surface area contributed by atoms with Gasteiger partial charge < -0.3 is 4.90 Å². The molecule has 0 saturated heterocycles. The van der Waals surface area contributed by atoms with E-state index in [0.717, 1.165) is 22.5 Å². The van der Waals surface area contributed by atoms with Crippen LogP contribution in [0.1, 0.15) is 32.9 Å². The van der Waals surface area contributed by atoms with Gasteiger partial charge in [-0.2, -0.15) is 5.10 Å². The number of carbonyl (C=O) groups excluding carboxylic acids is 1. The van der Waals surface area contributed by atoms with Crippen LogP contribution in [0.5, 0.6) is 0 Å². The van der Waals surface area contributed by atoms with Crippen LogP contribution in [-0.2, 0) is 13.1 Å². The van der Waals surface area contributed by atoms with Gasteiger partial charge in [0.2, 0.25) is 0 Å². The van der Waals surface area contributed by atoms with Gasteiger partial charge in [-0.3, -0.25) is 9.48 Å². The van der Waals surface area contributed by atoms with Crippen molar-refractivity contribution >= 4 is 16.7 Å². The lowest BCUT2D eigenvalue weighted by molar-refractivity contribution is 0.0785. The van der Waals surface area contributed by atoms with E-state index in [-0.39, 0.29) is 5.91 Å². The third kappa shape index (κ3) is 4.06. The molecule has 1 aromatic heterocycles. The molecular weight excluding hydrogens is 358 g/mol. The van der Waals surface area contributed by atoms with Crippen molar-refractivity contribution < 1.29 is 4.79 Å². The lowest BCUT2D eigenvalue weighted by Crippen LogP contribution is -2.26. The minimum atomic E-state index is 0.0214. The zero-order chi connectivity index (χ0) is 20.4. The van der Waals surface area contributed by atoms with Gasteiger partial charge in [0.05, 0.1) is 12.2 Å². The van der Waals surface area contributed by atoms with Crippen molar-refractivity contribution in [1.82, 2.24) is 14.7 Å². The monoisotopic (exact) mass is 383 g/mol. The number of amides is 1. The highest BCUT2D eigenvalue weighted by molar-refractivity contribution is 5.94. The molecule has 4 aromatic rings. The molecule has 0 N–H and O–H groups in total. The fourth-order valence-electron chi connectivity index (χ4n) is 3.79. The summed E-state index contributed by atoms with van der Waals surface area (Å²) < 4.78 is 1.97. The fourth-order valence-corrected chi connectivity index (χ4v) is 3.79. The van der Waals surface area contributed by atoms with E-state index in [1.165, 1.54) is 10.8 Å². The van der Waals surface area contributed by atoms with Gasteiger partial charge in [-0.25, -0.2) is 0 Å². The minimum Gasteiger partial charge on any atom is -0.337 e. The normalized spacial score (nSPS) is 11.0. The van der Waals surface area contributed by atoms with E-state index < -0.39 is 0 Å². The number of hydrogen-bond donors (Lipinski definition) is 0. The molecule has 0 aliphatic rings. The van der Waals surface area contributed by atoms with Gasteiger partial charge in [0.25, 0.3) is 5.91 Å². The zero-order valence-electron chi connectivity index (χ0n) is 17.1. The Morgan fingerprint density at radius 2 is 1.72 bits per heavy atom. The summed E-state index contributed by atoms with van der Waals surface area (Å²) in [6.45, 7) is 5.27. The second-order valence-corrected chi connectivity index (χ2v) is 7.58. The van der Waals surface area contributed by atoms with Crippen LogP contribution in [0.15, 0.2) is 72.8 Å². The molecule has 0 fully saturated rings. The van der Waals surface area contributed by atoms with Crippen LogP contribution >= 0.6 is 0 Å². The van der Waals surface area contributed by atoms with Gasteiger partial charge in [0.15, 0.2) is 0 Å². The van der Waals surface area contributed by atoms with Crippen LogP contribution in [0.4, 0.5) is 0 Å². The van der Waals surface area contributed by atoms with Crippen molar-refractivity contribution in [1.29, 1.82) is 0 Å². The van der Waals surface area contributed by atoms with Crippen molar-refractivity contribution in [2.24, 2.45) is 0 Å². The molecule has 0 spiro atoms. The number of nitrogens with zero attached hydrogens (tertiary/aromatic N) is 3. The molecule has 4 rings (SSSR count). The summed E-state index contributed by atoms with van der Waals surface area (Å²) in [6.07, 6.45) is 0. The van der Waals surface area contributed by atoms with Crippen LogP contribution in [0.2, 0.25) is 0 Å². The molecule has 29 heavy (non-hydrogen) atoms. The second kappa shape index (κ2) is 7.92. The average molecular weight is 383 g/mol. The van der Waals surface area contributed by atoms with Crippen molar-refractivity contribution in [3.8, 4) is 0 Å². The van der Waals surface area contributed by atoms with E-state index in [4.69, 9.17) is 0 Å². The second-order valence-electron chi connectivity index (χ2n) is 7.58. The molecule has 146 valence electrons. The molecule has 0 aliphatic carbocycles. The predicted octanol–water partition coefficient (Wildman–Crippen LogP) is 4.97. The van der Waals surface area contributed by atoms with Crippen LogP contribution in [0, 0.1) is 13.8 Å². The third-order valence-electron chi connectivity index (χ3n) is 5.24. The van der Waals surface area contributed by atoms with Gasteiger partial charge in [-0.05, 0) is 53.9 Å². The summed E-state index contributed by atoms with van der Waals surface area (Å²) in [6, 6.07) is 24.4. The summed E-state index contributed by atoms with van der Waals surface area (Å²) in [5.74, 6) is 0.0214. The molecule has 0 unspecified atom stereocenters. The summed E-state index contributed by atoms with van der Waals surface area (Å²) in [4.78, 5) is 14.8. The van der Waals surface area contributed by atoms with Crippen molar-refractivity contribution in [2.45, 2.75) is 26.9 Å². The standard InChI is InChI=1S/C25H25N3O/c1-18-14-19(2)28(26-18)16-20-8-6-11-22(15-20)25(29)27(3)17-23-12-7-10-21-9-4-5-13-24(21)23/h4-15H,16-17H2,1-3H3. The summed E-state index contributed by atoms with van der Waals surface area (Å²) in [5, 5.41) is 6.90. The molecule has 3 aromatic carbocycles. The van der Waals surface area contributed by atoms with Crippen LogP contribution in [0.3, 0.4) is 0 Å². The Bertz CT molecular complexity index is 1170. The van der Waals surface area contributed by atoms with E-state index in [9.17, 15) is 4.79 Å². The summed E-state index contributed by atoms with van der Waals surface area (Å²) in [5.41, 5.74) is 5.04. The maximum absolute atomic E-state index is 13.1. The van der Waals surface area contributed by atoms with Crippen LogP contribution in [0.25, 0.3) is 10.8 Å². The molecule has 0 radical (unpaired) electrons. The molecule has 0 aliphatic heterocycles. The Hall–Kier alpha value is -3.40. The van der Waals surface area contributed by atoms with E-state index >= 15 is 0 Å². The Labute approximate surface area is 171 Å². The van der Waals surface area contributed by atoms with Crippen molar-refractivity contribution in [3.63, 3.8) is 0 Å². The molecule has 4 heteroatoms. The van der Waals surface area contributed by atoms with E-state index in [0.29, 0.717) is 18.7 Å². The first-order chi connectivity index (χ1) is 14.0. The van der Waals surface area contributed by atoms with Gasteiger partial charge in [-0.1, -0.05) is 54.6 Å². The Morgan fingerprint density at radius 1 is 0.966 bits per heavy atom. The van der Waals surface area contributed by atoms with Crippen LogP contribution < -0.4 is 0 Å². The maximum Gasteiger partial charge on any atom is 0.253 e. The first-order valence-electron chi connectivity index (χ1n) is 9.83. The molecule has 0 atom stereocenters. The number of aromatic nitrogens is 2. The quantitative estimate of drug-likeness (QED) is 0.488. The predicted molar refractivity (Wildman–Crippen MR) is 117 cm³/mol. The van der Waals surface area contributed by atoms with Gasteiger partial charge in [0.1, 0.15) is 0 Å². The Balaban J connectivity index is 1.53. The number of rotatable bonds is 5. The molecular formula is C25H25N3O. The van der Waals surface area contributed by atoms with Crippen molar-refractivity contribution in [3.05, 3.63) is 101 Å². The third-order valence-corrected chi connectivity index (χ3v) is 5.24. The first-order valence-corrected chi connectivity index (χ1v) is 9.83. The van der Waals surface area contributed by atoms with Gasteiger partial charge in [-0.15, -0.1) is 0 Å². The molecule has 1 amide bonds. The molecule has 0 bridgehead atoms. The maximum atomic E-state index is 13.1. The van der Waals surface area contributed by atoms with Crippen LogP contribution in [-0.4, -0.2) is 27.6 Å². The van der Waals surface area contributed by atoms with Gasteiger partial charge >= 0.3 is 0 Å². The Morgan fingerprint density at radius 3 is 2.52 bits per heavy atom. The van der Waals surface area contributed by atoms with E-state index in [1.54, 1.807) is 4.90 Å². The lowest BCUT2D eigenvalue weighted by atomic mass is 10.0. The number of fused-ring (bicyclic) bond motifs is 1. The first kappa shape index (κ1) is 18.9. The Kier molecular flexibility index (Phi) is 5.17. The fraction of sp³-hybridized carbons (Fsp3) is 0.200. The summed E-state index contributed by atoms with van der Waals surface area (Å²) >= 11 is 0. The number of benzene rings is 3. The number of hydrogen-bond acceptors (Lipinski definition) is 2. The topological polar surface area (TPSA) is 38.1 Å². The van der Waals surface area contributed by atoms with E-state index in [1.807, 2.05) is 68.0 Å². The zero-order valence-corrected chi connectivity index (χ0v) is 17.1. The smallest absolute Gasteiger partial charge is 0.253 e. The van der Waals surface area contributed by atoms with Gasteiger partial charge in [0, 0.05) is 24.8 Å². The highest BCUT2D eigenvalue weighted by Crippen LogP contribution is 2.20. The highest BCUT2D eigenvalue weighted by atomic mass is 16.2. The number of carbonyl (C=O) groups is 1. The average Bonchev–Trinajstić information content (AvgIpc) is 3.04. The highest BCUT2D eigenvalue weighted by Gasteiger charge is 2.14. The minimum absolute atomic E-state index is 0.0214. The largest absolute Gasteiger partial charge is 0.337 e. The lowest BCUT2D eigenvalue weighted by Gasteiger charge is -2.19. The molecule has 0 saturated carbocycles. The molecule has 1 heterocycles. The summed E-state index contributed by atoms with van der Waals surface area (Å²) in [7, 11) is 1.86. The SMILES string of the molecule is Cc1cc(C)n(Cc2cccc(C(=O)N(C)Cc3cccc4ccccc34)c2)n1. The van der Waals surface area contributed by atoms with Crippen molar-refractivity contribution in [2.75, 3.05) is 7.05 Å². The van der Waals surface area contributed by atoms with E-state index in [2.05, 4.69) is 35.4 Å². The molecule has 4 nitrogen and oxygen atoms in total. The number of aryl methyl sites for hydroxylation is 2.